The molecule has 2 aliphatic rings. The van der Waals surface area contributed by atoms with E-state index < -0.39 is 0 Å². The van der Waals surface area contributed by atoms with Gasteiger partial charge >= 0.3 is 0 Å². The first-order chi connectivity index (χ1) is 21.2. The number of hydrogen-bond donors (Lipinski definition) is 3. The molecule has 4 aromatic carbocycles. The van der Waals surface area contributed by atoms with Gasteiger partial charge in [-0.15, -0.1) is 0 Å². The molecule has 0 aliphatic carbocycles. The third-order valence-electron chi connectivity index (χ3n) is 8.00. The molecule has 0 spiro atoms. The first kappa shape index (κ1) is 23.9. The highest BCUT2D eigenvalue weighted by atomic mass is 15.1. The number of H-pyrrole nitrogens is 2. The van der Waals surface area contributed by atoms with Crippen LogP contribution >= 0.6 is 0 Å². The van der Waals surface area contributed by atoms with Gasteiger partial charge in [0.25, 0.3) is 0 Å². The number of nitrogens with zero attached hydrogens (tertiary/aromatic N) is 6. The second kappa shape index (κ2) is 9.10. The lowest BCUT2D eigenvalue weighted by atomic mass is 10.1. The summed E-state index contributed by atoms with van der Waals surface area (Å²) in [7, 11) is 1.94. The largest absolute Gasteiger partial charge is 0.324 e. The van der Waals surface area contributed by atoms with Crippen LogP contribution in [0.3, 0.4) is 0 Å². The summed E-state index contributed by atoms with van der Waals surface area (Å²) < 4.78 is 0. The van der Waals surface area contributed by atoms with Crippen LogP contribution in [0.2, 0.25) is 0 Å². The van der Waals surface area contributed by atoms with Crippen molar-refractivity contribution in [3.8, 4) is 45.6 Å². The van der Waals surface area contributed by atoms with E-state index in [1.807, 2.05) is 79.8 Å². The first-order valence-corrected chi connectivity index (χ1v) is 14.1. The highest BCUT2D eigenvalue weighted by Gasteiger charge is 2.21. The fraction of sp³-hybridized carbons (Fsp3) is 0.0588. The van der Waals surface area contributed by atoms with Crippen LogP contribution < -0.4 is 5.32 Å². The van der Waals surface area contributed by atoms with Gasteiger partial charge in [-0.2, -0.15) is 0 Å². The van der Waals surface area contributed by atoms with Crippen molar-refractivity contribution in [1.82, 2.24) is 45.2 Å². The molecule has 0 amide bonds. The maximum atomic E-state index is 5.10. The molecule has 0 saturated carbocycles. The molecular weight excluding hydrogens is 534 g/mol. The van der Waals surface area contributed by atoms with Crippen molar-refractivity contribution in [2.45, 2.75) is 6.54 Å². The topological polar surface area (TPSA) is 121 Å². The van der Waals surface area contributed by atoms with E-state index in [4.69, 9.17) is 29.9 Å². The maximum absolute atomic E-state index is 5.10. The van der Waals surface area contributed by atoms with Gasteiger partial charge in [0.05, 0.1) is 0 Å². The van der Waals surface area contributed by atoms with Crippen LogP contribution in [0.15, 0.2) is 91.0 Å². The van der Waals surface area contributed by atoms with Crippen molar-refractivity contribution in [2.24, 2.45) is 0 Å². The van der Waals surface area contributed by atoms with Gasteiger partial charge in [-0.25, -0.2) is 29.9 Å². The van der Waals surface area contributed by atoms with Crippen molar-refractivity contribution < 1.29 is 0 Å². The van der Waals surface area contributed by atoms with Crippen molar-refractivity contribution in [3.63, 3.8) is 0 Å². The Morgan fingerprint density at radius 1 is 0.465 bits per heavy atom. The van der Waals surface area contributed by atoms with Gasteiger partial charge in [-0.3, -0.25) is 0 Å². The molecule has 5 heterocycles. The van der Waals surface area contributed by atoms with E-state index in [0.29, 0.717) is 45.9 Å². The zero-order valence-corrected chi connectivity index (χ0v) is 23.1. The van der Waals surface area contributed by atoms with E-state index in [2.05, 4.69) is 33.5 Å². The van der Waals surface area contributed by atoms with E-state index >= 15 is 0 Å². The lowest BCUT2D eigenvalue weighted by molar-refractivity contribution is 0.819. The Labute approximate surface area is 244 Å². The lowest BCUT2D eigenvalue weighted by Gasteiger charge is -2.00. The van der Waals surface area contributed by atoms with Crippen LogP contribution in [0, 0.1) is 0 Å². The Balaban J connectivity index is 1.48. The number of nitrogens with one attached hydrogen (secondary N) is 3. The quantitative estimate of drug-likeness (QED) is 0.219. The molecule has 0 fully saturated rings. The van der Waals surface area contributed by atoms with Gasteiger partial charge in [-0.1, -0.05) is 84.9 Å². The van der Waals surface area contributed by atoms with Crippen LogP contribution in [0.1, 0.15) is 5.56 Å². The third kappa shape index (κ3) is 3.68. The molecule has 0 saturated heterocycles. The normalized spacial score (nSPS) is 12.0. The summed E-state index contributed by atoms with van der Waals surface area (Å²) in [6, 6.07) is 30.6. The molecule has 0 radical (unpaired) electrons. The van der Waals surface area contributed by atoms with E-state index in [9.17, 15) is 0 Å². The summed E-state index contributed by atoms with van der Waals surface area (Å²) in [5, 5.41) is 7.06. The van der Waals surface area contributed by atoms with E-state index in [-0.39, 0.29) is 0 Å². The summed E-state index contributed by atoms with van der Waals surface area (Å²) in [4.78, 5) is 37.1. The Morgan fingerprint density at radius 3 is 1.30 bits per heavy atom. The van der Waals surface area contributed by atoms with Crippen LogP contribution in [0.25, 0.3) is 89.7 Å². The number of hydrogen-bond acceptors (Lipinski definition) is 7. The molecule has 9 heteroatoms. The summed E-state index contributed by atoms with van der Waals surface area (Å²) in [5.74, 6) is 2.37. The molecule has 9 rings (SSSR count). The van der Waals surface area contributed by atoms with Crippen LogP contribution in [0.5, 0.6) is 0 Å². The molecule has 7 aromatic rings. The zero-order chi connectivity index (χ0) is 28.5. The first-order valence-electron chi connectivity index (χ1n) is 14.1. The Bertz CT molecular complexity index is 2430. The minimum absolute atomic E-state index is 0.593. The number of benzene rings is 4. The fourth-order valence-electron chi connectivity index (χ4n) is 6.00. The predicted molar refractivity (Wildman–Crippen MR) is 169 cm³/mol. The number of aromatic amines is 2. The van der Waals surface area contributed by atoms with Crippen molar-refractivity contribution >= 4 is 44.1 Å². The molecule has 43 heavy (non-hydrogen) atoms. The van der Waals surface area contributed by atoms with Gasteiger partial charge in [0.15, 0.2) is 23.3 Å². The Hall–Kier alpha value is -5.80. The molecule has 9 nitrogen and oxygen atoms in total. The monoisotopic (exact) mass is 557 g/mol. The smallest absolute Gasteiger partial charge is 0.164 e. The molecule has 8 bridgehead atoms. The van der Waals surface area contributed by atoms with E-state index in [1.165, 1.54) is 0 Å². The highest BCUT2D eigenvalue weighted by Crippen LogP contribution is 2.36. The van der Waals surface area contributed by atoms with Gasteiger partial charge in [0.1, 0.15) is 22.6 Å². The average Bonchev–Trinajstić information content (AvgIpc) is 3.77. The number of aromatic nitrogens is 8. The van der Waals surface area contributed by atoms with Gasteiger partial charge in [0, 0.05) is 50.3 Å². The minimum atomic E-state index is 0.593. The molecule has 0 atom stereocenters. The lowest BCUT2D eigenvalue weighted by Crippen LogP contribution is -2.04. The molecule has 3 aromatic heterocycles. The molecule has 2 aliphatic heterocycles. The maximum Gasteiger partial charge on any atom is 0.164 e. The highest BCUT2D eigenvalue weighted by molar-refractivity contribution is 6.06. The Kier molecular flexibility index (Phi) is 5.05. The summed E-state index contributed by atoms with van der Waals surface area (Å²) >= 11 is 0. The molecule has 0 unspecified atom stereocenters. The molecule has 3 N–H and O–H groups in total. The fourth-order valence-corrected chi connectivity index (χ4v) is 6.00. The third-order valence-corrected chi connectivity index (χ3v) is 8.00. The van der Waals surface area contributed by atoms with Crippen LogP contribution in [0.4, 0.5) is 0 Å². The Morgan fingerprint density at radius 2 is 0.860 bits per heavy atom. The van der Waals surface area contributed by atoms with Gasteiger partial charge in [-0.05, 0) is 18.7 Å². The van der Waals surface area contributed by atoms with Crippen molar-refractivity contribution in [1.29, 1.82) is 0 Å². The van der Waals surface area contributed by atoms with E-state index in [0.717, 1.165) is 55.9 Å². The minimum Gasteiger partial charge on any atom is -0.324 e. The summed E-state index contributed by atoms with van der Waals surface area (Å²) in [5.41, 5.74) is 7.57. The SMILES string of the molecule is CNCc1ccc2c3nc4nc(nc5[nH]c(nc6nc(nc([nH]3)c2c1)-c1ccccc1-6)c1ccccc51)-c1ccccc1-4. The van der Waals surface area contributed by atoms with Gasteiger partial charge < -0.3 is 15.3 Å². The number of rotatable bonds is 2. The van der Waals surface area contributed by atoms with Crippen molar-refractivity contribution in [2.75, 3.05) is 7.05 Å². The predicted octanol–water partition coefficient (Wildman–Crippen LogP) is 6.59. The second-order valence-corrected chi connectivity index (χ2v) is 10.7. The van der Waals surface area contributed by atoms with Crippen LogP contribution in [-0.2, 0) is 6.54 Å². The second-order valence-electron chi connectivity index (χ2n) is 10.7. The molecule has 204 valence electrons. The standard InChI is InChI=1S/C34H23N9/c1-35-17-18-14-15-25-26(16-18)34-42-32-24-13-7-6-12-23(24)30(40-32)38-28-20-9-3-2-8-19(20)27(36-28)37-29-21-10-4-5-11-22(21)31(39-29)41-33(25)43-34/h2-16,35H,17H2,1H3,(H2,36,37,38,39,40,41,42,43). The summed E-state index contributed by atoms with van der Waals surface area (Å²) in [6.07, 6.45) is 0. The zero-order valence-electron chi connectivity index (χ0n) is 23.1. The van der Waals surface area contributed by atoms with Gasteiger partial charge in [0.2, 0.25) is 0 Å². The van der Waals surface area contributed by atoms with Crippen LogP contribution in [-0.4, -0.2) is 46.9 Å². The van der Waals surface area contributed by atoms with Crippen molar-refractivity contribution in [3.05, 3.63) is 96.6 Å². The van der Waals surface area contributed by atoms with E-state index in [1.54, 1.807) is 0 Å². The summed E-state index contributed by atoms with van der Waals surface area (Å²) in [6.45, 7) is 0.736. The molecular formula is C34H23N9. The average molecular weight is 558 g/mol. The number of fused-ring (bicyclic) bond motifs is 20.